The molecule has 0 amide bonds. The van der Waals surface area contributed by atoms with Gasteiger partial charge in [0.1, 0.15) is 5.76 Å². The fourth-order valence-electron chi connectivity index (χ4n) is 5.04. The van der Waals surface area contributed by atoms with E-state index in [1.54, 1.807) is 7.11 Å². The third-order valence-electron chi connectivity index (χ3n) is 6.56. The molecule has 4 heteroatoms. The molecule has 150 valence electrons. The van der Waals surface area contributed by atoms with Crippen LogP contribution in [0.3, 0.4) is 0 Å². The third-order valence-corrected chi connectivity index (χ3v) is 8.53. The van der Waals surface area contributed by atoms with Crippen LogP contribution in [0.25, 0.3) is 0 Å². The molecule has 2 aliphatic carbocycles. The fourth-order valence-corrected chi connectivity index (χ4v) is 6.95. The molecule has 0 aromatic heterocycles. The number of hydrogen-bond donors (Lipinski definition) is 0. The van der Waals surface area contributed by atoms with Gasteiger partial charge >= 0.3 is 0 Å². The standard InChI is InChI=1S/C23H36O3Si/c1-10-11-16-14-23(13-12-15(2)3)20(25)17(22(16,4)5)18(24)19(21(23)26-6)27(7,8)9/h10,12,16-17H,1,11,13-14H2,2-9H3/t16-,17-,23-/m1/s1. The molecule has 3 atom stereocenters. The number of allylic oxidation sites excluding steroid dienone is 5. The van der Waals surface area contributed by atoms with Crippen LogP contribution in [0.2, 0.25) is 19.6 Å². The highest BCUT2D eigenvalue weighted by Crippen LogP contribution is 2.60. The fraction of sp³-hybridized carbons (Fsp3) is 0.652. The number of fused-ring (bicyclic) bond motifs is 2. The molecular weight excluding hydrogens is 352 g/mol. The van der Waals surface area contributed by atoms with Crippen LogP contribution in [-0.4, -0.2) is 26.8 Å². The Balaban J connectivity index is 2.85. The molecule has 0 unspecified atom stereocenters. The maximum Gasteiger partial charge on any atom is 0.169 e. The van der Waals surface area contributed by atoms with Crippen LogP contribution < -0.4 is 0 Å². The molecule has 0 radical (unpaired) electrons. The number of methoxy groups -OCH3 is 1. The molecule has 0 saturated heterocycles. The summed E-state index contributed by atoms with van der Waals surface area (Å²) in [6.45, 7) is 18.7. The van der Waals surface area contributed by atoms with E-state index in [2.05, 4.69) is 60.0 Å². The van der Waals surface area contributed by atoms with Gasteiger partial charge in [0.15, 0.2) is 11.6 Å². The van der Waals surface area contributed by atoms with Gasteiger partial charge in [0, 0.05) is 5.20 Å². The van der Waals surface area contributed by atoms with Gasteiger partial charge in [-0.3, -0.25) is 9.59 Å². The summed E-state index contributed by atoms with van der Waals surface area (Å²) in [7, 11) is -0.365. The molecule has 2 rings (SSSR count). The van der Waals surface area contributed by atoms with Gasteiger partial charge < -0.3 is 4.74 Å². The van der Waals surface area contributed by atoms with Gasteiger partial charge in [-0.25, -0.2) is 0 Å². The number of Topliss-reactive ketones (excluding diaryl/α,β-unsaturated/α-hetero) is 2. The second-order valence-corrected chi connectivity index (χ2v) is 15.1. The Morgan fingerprint density at radius 1 is 1.26 bits per heavy atom. The van der Waals surface area contributed by atoms with Gasteiger partial charge in [0.05, 0.1) is 26.5 Å². The summed E-state index contributed by atoms with van der Waals surface area (Å²) >= 11 is 0. The summed E-state index contributed by atoms with van der Waals surface area (Å²) in [5.41, 5.74) is 0.0884. The third kappa shape index (κ3) is 3.41. The Kier molecular flexibility index (Phi) is 5.83. The van der Waals surface area contributed by atoms with Crippen molar-refractivity contribution in [2.75, 3.05) is 7.11 Å². The van der Waals surface area contributed by atoms with E-state index >= 15 is 0 Å². The van der Waals surface area contributed by atoms with Crippen molar-refractivity contribution in [2.45, 2.75) is 66.6 Å². The van der Waals surface area contributed by atoms with E-state index in [0.717, 1.165) is 18.0 Å². The summed E-state index contributed by atoms with van der Waals surface area (Å²) in [5.74, 6) is 0.384. The lowest BCUT2D eigenvalue weighted by atomic mass is 9.48. The zero-order valence-corrected chi connectivity index (χ0v) is 19.4. The Bertz CT molecular complexity index is 716. The molecule has 0 aliphatic heterocycles. The SMILES string of the molecule is C=CC[C@@H]1C[C@]2(CC=C(C)C)C(=O)[C@@H](C(=O)C([Si](C)(C)C)=C2OC)C1(C)C. The molecule has 0 N–H and O–H groups in total. The molecule has 27 heavy (non-hydrogen) atoms. The van der Waals surface area contributed by atoms with Gasteiger partial charge in [0.2, 0.25) is 0 Å². The average Bonchev–Trinajstić information content (AvgIpc) is 2.52. The lowest BCUT2D eigenvalue weighted by molar-refractivity contribution is -0.155. The molecular formula is C23H36O3Si. The summed E-state index contributed by atoms with van der Waals surface area (Å²) in [6, 6.07) is 0. The van der Waals surface area contributed by atoms with Crippen molar-refractivity contribution in [1.82, 2.24) is 0 Å². The first kappa shape index (κ1) is 21.9. The second kappa shape index (κ2) is 7.19. The first-order valence-corrected chi connectivity index (χ1v) is 13.5. The maximum atomic E-state index is 13.8. The van der Waals surface area contributed by atoms with Gasteiger partial charge in [-0.2, -0.15) is 0 Å². The number of ether oxygens (including phenoxy) is 1. The maximum absolute atomic E-state index is 13.8. The quantitative estimate of drug-likeness (QED) is 0.343. The summed E-state index contributed by atoms with van der Waals surface area (Å²) in [4.78, 5) is 27.4. The first-order valence-electron chi connectivity index (χ1n) is 9.96. The Morgan fingerprint density at radius 2 is 1.85 bits per heavy atom. The Labute approximate surface area is 166 Å². The Morgan fingerprint density at radius 3 is 2.30 bits per heavy atom. The normalized spacial score (nSPS) is 30.2. The molecule has 0 aromatic carbocycles. The first-order chi connectivity index (χ1) is 12.3. The van der Waals surface area contributed by atoms with E-state index in [9.17, 15) is 9.59 Å². The van der Waals surface area contributed by atoms with E-state index in [4.69, 9.17) is 4.74 Å². The van der Waals surface area contributed by atoms with E-state index < -0.39 is 19.4 Å². The van der Waals surface area contributed by atoms with Crippen LogP contribution in [0.4, 0.5) is 0 Å². The molecule has 0 aromatic rings. The monoisotopic (exact) mass is 388 g/mol. The minimum Gasteiger partial charge on any atom is -0.500 e. The molecule has 3 nitrogen and oxygen atoms in total. The zero-order chi connectivity index (χ0) is 20.8. The predicted octanol–water partition coefficient (Wildman–Crippen LogP) is 5.50. The highest BCUT2D eigenvalue weighted by Gasteiger charge is 2.64. The van der Waals surface area contributed by atoms with Crippen molar-refractivity contribution >= 4 is 19.6 Å². The van der Waals surface area contributed by atoms with Gasteiger partial charge in [0.25, 0.3) is 0 Å². The second-order valence-electron chi connectivity index (χ2n) is 10.1. The van der Waals surface area contributed by atoms with E-state index in [-0.39, 0.29) is 22.9 Å². The van der Waals surface area contributed by atoms with E-state index in [1.165, 1.54) is 5.57 Å². The minimum absolute atomic E-state index is 0.0163. The zero-order valence-electron chi connectivity index (χ0n) is 18.4. The highest BCUT2D eigenvalue weighted by molar-refractivity contribution is 6.87. The number of ketones is 2. The van der Waals surface area contributed by atoms with Crippen LogP contribution in [0.1, 0.15) is 47.0 Å². The number of carbonyl (C=O) groups is 2. The van der Waals surface area contributed by atoms with Gasteiger partial charge in [-0.15, -0.1) is 6.58 Å². The summed E-state index contributed by atoms with van der Waals surface area (Å²) in [6.07, 6.45) is 6.19. The van der Waals surface area contributed by atoms with Crippen molar-refractivity contribution in [3.63, 3.8) is 0 Å². The number of carbonyl (C=O) groups excluding carboxylic acids is 2. The molecule has 0 heterocycles. The van der Waals surface area contributed by atoms with Crippen molar-refractivity contribution in [1.29, 1.82) is 0 Å². The Hall–Kier alpha value is -1.42. The van der Waals surface area contributed by atoms with Crippen LogP contribution in [0.5, 0.6) is 0 Å². The van der Waals surface area contributed by atoms with Crippen molar-refractivity contribution in [3.8, 4) is 0 Å². The lowest BCUT2D eigenvalue weighted by Crippen LogP contribution is -2.61. The number of hydrogen-bond acceptors (Lipinski definition) is 3. The predicted molar refractivity (Wildman–Crippen MR) is 114 cm³/mol. The molecule has 0 spiro atoms. The van der Waals surface area contributed by atoms with Crippen molar-refractivity contribution in [2.24, 2.45) is 22.7 Å². The smallest absolute Gasteiger partial charge is 0.169 e. The van der Waals surface area contributed by atoms with Crippen LogP contribution in [-0.2, 0) is 14.3 Å². The summed E-state index contributed by atoms with van der Waals surface area (Å²) in [5, 5.41) is 0.835. The van der Waals surface area contributed by atoms with E-state index in [1.807, 2.05) is 6.08 Å². The molecule has 1 saturated carbocycles. The average molecular weight is 389 g/mol. The molecule has 2 bridgehead atoms. The van der Waals surface area contributed by atoms with Gasteiger partial charge in [-0.05, 0) is 44.4 Å². The largest absolute Gasteiger partial charge is 0.500 e. The van der Waals surface area contributed by atoms with Crippen LogP contribution in [0.15, 0.2) is 35.3 Å². The van der Waals surface area contributed by atoms with Crippen LogP contribution >= 0.6 is 0 Å². The van der Waals surface area contributed by atoms with Gasteiger partial charge in [-0.1, -0.05) is 51.2 Å². The van der Waals surface area contributed by atoms with Crippen molar-refractivity contribution in [3.05, 3.63) is 35.3 Å². The minimum atomic E-state index is -1.99. The van der Waals surface area contributed by atoms with Crippen LogP contribution in [0, 0.1) is 22.7 Å². The summed E-state index contributed by atoms with van der Waals surface area (Å²) < 4.78 is 5.90. The molecule has 1 fully saturated rings. The highest BCUT2D eigenvalue weighted by atomic mass is 28.3. The van der Waals surface area contributed by atoms with Crippen molar-refractivity contribution < 1.29 is 14.3 Å². The number of rotatable bonds is 6. The van der Waals surface area contributed by atoms with E-state index in [0.29, 0.717) is 12.2 Å². The topological polar surface area (TPSA) is 43.4 Å². The molecule has 2 aliphatic rings. The lowest BCUT2D eigenvalue weighted by Gasteiger charge is -2.55.